The standard InChI is InChI=1S/C13H21N3OS.2ClH/c1-10-16-11(9-18-10)5-8-14-12(17)13(2)6-3-4-7-15-13;;/h9,15H,3-8H2,1-2H3,(H,14,17);2*1H. The second-order valence-corrected chi connectivity index (χ2v) is 6.14. The summed E-state index contributed by atoms with van der Waals surface area (Å²) in [7, 11) is 0. The molecule has 0 saturated carbocycles. The van der Waals surface area contributed by atoms with Gasteiger partial charge in [-0.1, -0.05) is 0 Å². The molecule has 0 spiro atoms. The number of rotatable bonds is 4. The van der Waals surface area contributed by atoms with Crippen LogP contribution in [0.2, 0.25) is 0 Å². The Morgan fingerprint density at radius 2 is 2.25 bits per heavy atom. The highest BCUT2D eigenvalue weighted by Crippen LogP contribution is 2.18. The van der Waals surface area contributed by atoms with Gasteiger partial charge in [0.15, 0.2) is 0 Å². The first kappa shape index (κ1) is 19.6. The van der Waals surface area contributed by atoms with E-state index < -0.39 is 0 Å². The molecule has 7 heteroatoms. The van der Waals surface area contributed by atoms with Gasteiger partial charge in [0.25, 0.3) is 0 Å². The molecule has 1 aliphatic heterocycles. The number of carbonyl (C=O) groups is 1. The van der Waals surface area contributed by atoms with E-state index in [1.165, 1.54) is 6.42 Å². The summed E-state index contributed by atoms with van der Waals surface area (Å²) in [5, 5.41) is 9.47. The second-order valence-electron chi connectivity index (χ2n) is 5.08. The zero-order chi connectivity index (χ0) is 13.0. The van der Waals surface area contributed by atoms with Gasteiger partial charge in [-0.05, 0) is 39.7 Å². The Morgan fingerprint density at radius 3 is 2.80 bits per heavy atom. The molecule has 2 heterocycles. The van der Waals surface area contributed by atoms with E-state index in [-0.39, 0.29) is 36.3 Å². The number of aromatic nitrogens is 1. The van der Waals surface area contributed by atoms with Gasteiger partial charge in [-0.3, -0.25) is 4.79 Å². The Bertz CT molecular complexity index is 420. The summed E-state index contributed by atoms with van der Waals surface area (Å²) < 4.78 is 0. The monoisotopic (exact) mass is 339 g/mol. The van der Waals surface area contributed by atoms with E-state index in [9.17, 15) is 4.79 Å². The van der Waals surface area contributed by atoms with Crippen molar-refractivity contribution in [2.45, 2.75) is 45.1 Å². The third-order valence-corrected chi connectivity index (χ3v) is 4.28. The molecule has 2 N–H and O–H groups in total. The molecule has 2 rings (SSSR count). The van der Waals surface area contributed by atoms with Crippen LogP contribution in [-0.2, 0) is 11.2 Å². The fraction of sp³-hybridized carbons (Fsp3) is 0.692. The minimum absolute atomic E-state index is 0. The van der Waals surface area contributed by atoms with Crippen LogP contribution >= 0.6 is 36.2 Å². The van der Waals surface area contributed by atoms with Crippen LogP contribution in [0.4, 0.5) is 0 Å². The van der Waals surface area contributed by atoms with Crippen molar-refractivity contribution >= 4 is 42.1 Å². The molecular formula is C13H23Cl2N3OS. The van der Waals surface area contributed by atoms with Crippen LogP contribution in [0.5, 0.6) is 0 Å². The van der Waals surface area contributed by atoms with Crippen molar-refractivity contribution in [3.05, 3.63) is 16.1 Å². The van der Waals surface area contributed by atoms with Crippen molar-refractivity contribution in [2.75, 3.05) is 13.1 Å². The molecule has 20 heavy (non-hydrogen) atoms. The lowest BCUT2D eigenvalue weighted by Crippen LogP contribution is -2.57. The van der Waals surface area contributed by atoms with Crippen LogP contribution in [0.25, 0.3) is 0 Å². The normalized spacial score (nSPS) is 21.5. The summed E-state index contributed by atoms with van der Waals surface area (Å²) in [6.45, 7) is 5.60. The zero-order valence-corrected chi connectivity index (χ0v) is 14.3. The minimum atomic E-state index is -0.379. The van der Waals surface area contributed by atoms with Crippen molar-refractivity contribution in [1.29, 1.82) is 0 Å². The molecule has 1 unspecified atom stereocenters. The summed E-state index contributed by atoms with van der Waals surface area (Å²) in [6, 6.07) is 0. The molecule has 0 radical (unpaired) electrons. The van der Waals surface area contributed by atoms with E-state index >= 15 is 0 Å². The number of thiazole rings is 1. The van der Waals surface area contributed by atoms with Crippen molar-refractivity contribution in [2.24, 2.45) is 0 Å². The number of halogens is 2. The van der Waals surface area contributed by atoms with Gasteiger partial charge in [0.2, 0.25) is 5.91 Å². The number of nitrogens with one attached hydrogen (secondary N) is 2. The summed E-state index contributed by atoms with van der Waals surface area (Å²) in [4.78, 5) is 16.5. The molecule has 1 amide bonds. The lowest BCUT2D eigenvalue weighted by molar-refractivity contribution is -0.127. The van der Waals surface area contributed by atoms with Crippen LogP contribution < -0.4 is 10.6 Å². The number of nitrogens with zero attached hydrogens (tertiary/aromatic N) is 1. The van der Waals surface area contributed by atoms with E-state index in [0.29, 0.717) is 6.54 Å². The Hall–Kier alpha value is -0.360. The molecule has 1 aromatic rings. The molecule has 4 nitrogen and oxygen atoms in total. The van der Waals surface area contributed by atoms with Crippen molar-refractivity contribution < 1.29 is 4.79 Å². The highest BCUT2D eigenvalue weighted by molar-refractivity contribution is 7.09. The highest BCUT2D eigenvalue weighted by Gasteiger charge is 2.33. The SMILES string of the molecule is Cc1nc(CCNC(=O)C2(C)CCCCN2)cs1.Cl.Cl. The van der Waals surface area contributed by atoms with Gasteiger partial charge in [-0.15, -0.1) is 36.2 Å². The Balaban J connectivity index is 0.00000180. The Labute approximate surface area is 137 Å². The first-order valence-electron chi connectivity index (χ1n) is 6.54. The molecule has 0 aliphatic carbocycles. The Kier molecular flexibility index (Phi) is 8.66. The van der Waals surface area contributed by atoms with E-state index in [2.05, 4.69) is 21.0 Å². The molecule has 1 aliphatic rings. The van der Waals surface area contributed by atoms with Crippen molar-refractivity contribution in [1.82, 2.24) is 15.6 Å². The molecule has 1 fully saturated rings. The van der Waals surface area contributed by atoms with Gasteiger partial charge in [0, 0.05) is 18.3 Å². The average Bonchev–Trinajstić information content (AvgIpc) is 2.76. The predicted octanol–water partition coefficient (Wildman–Crippen LogP) is 2.49. The van der Waals surface area contributed by atoms with Crippen molar-refractivity contribution in [3.8, 4) is 0 Å². The molecular weight excluding hydrogens is 317 g/mol. The maximum atomic E-state index is 12.1. The van der Waals surface area contributed by atoms with E-state index in [0.717, 1.165) is 36.5 Å². The molecule has 0 bridgehead atoms. The fourth-order valence-electron chi connectivity index (χ4n) is 2.27. The largest absolute Gasteiger partial charge is 0.354 e. The van der Waals surface area contributed by atoms with Gasteiger partial charge >= 0.3 is 0 Å². The van der Waals surface area contributed by atoms with Gasteiger partial charge in [-0.25, -0.2) is 4.98 Å². The smallest absolute Gasteiger partial charge is 0.240 e. The lowest BCUT2D eigenvalue weighted by atomic mass is 9.90. The van der Waals surface area contributed by atoms with Gasteiger partial charge in [-0.2, -0.15) is 0 Å². The van der Waals surface area contributed by atoms with Crippen LogP contribution in [0.1, 0.15) is 36.9 Å². The molecule has 1 aromatic heterocycles. The summed E-state index contributed by atoms with van der Waals surface area (Å²) in [6.07, 6.45) is 4.03. The number of carbonyl (C=O) groups excluding carboxylic acids is 1. The van der Waals surface area contributed by atoms with Crippen LogP contribution in [0, 0.1) is 6.92 Å². The van der Waals surface area contributed by atoms with Gasteiger partial charge in [0.05, 0.1) is 16.2 Å². The second kappa shape index (κ2) is 8.82. The number of aryl methyl sites for hydroxylation is 1. The molecule has 0 aromatic carbocycles. The number of piperidine rings is 1. The summed E-state index contributed by atoms with van der Waals surface area (Å²) >= 11 is 1.65. The topological polar surface area (TPSA) is 54.0 Å². The van der Waals surface area contributed by atoms with Crippen molar-refractivity contribution in [3.63, 3.8) is 0 Å². The molecule has 1 saturated heterocycles. The highest BCUT2D eigenvalue weighted by atomic mass is 35.5. The predicted molar refractivity (Wildman–Crippen MR) is 88.3 cm³/mol. The maximum Gasteiger partial charge on any atom is 0.240 e. The van der Waals surface area contributed by atoms with Gasteiger partial charge < -0.3 is 10.6 Å². The number of hydrogen-bond donors (Lipinski definition) is 2. The number of hydrogen-bond acceptors (Lipinski definition) is 4. The van der Waals surface area contributed by atoms with Crippen LogP contribution in [-0.4, -0.2) is 29.5 Å². The van der Waals surface area contributed by atoms with Gasteiger partial charge in [0.1, 0.15) is 0 Å². The van der Waals surface area contributed by atoms with Crippen LogP contribution in [0.3, 0.4) is 0 Å². The Morgan fingerprint density at radius 1 is 1.50 bits per heavy atom. The third-order valence-electron chi connectivity index (χ3n) is 3.45. The summed E-state index contributed by atoms with van der Waals surface area (Å²) in [5.74, 6) is 0.120. The first-order valence-corrected chi connectivity index (χ1v) is 7.42. The zero-order valence-electron chi connectivity index (χ0n) is 11.9. The third kappa shape index (κ3) is 5.20. The van der Waals surface area contributed by atoms with E-state index in [1.54, 1.807) is 11.3 Å². The minimum Gasteiger partial charge on any atom is -0.354 e. The quantitative estimate of drug-likeness (QED) is 0.885. The van der Waals surface area contributed by atoms with E-state index in [4.69, 9.17) is 0 Å². The number of amides is 1. The first-order chi connectivity index (χ1) is 8.60. The van der Waals surface area contributed by atoms with Crippen LogP contribution in [0.15, 0.2) is 5.38 Å². The van der Waals surface area contributed by atoms with E-state index in [1.807, 2.05) is 13.8 Å². The molecule has 116 valence electrons. The molecule has 1 atom stereocenters. The fourth-order valence-corrected chi connectivity index (χ4v) is 2.92. The summed E-state index contributed by atoms with van der Waals surface area (Å²) in [5.41, 5.74) is 0.690. The maximum absolute atomic E-state index is 12.1. The lowest BCUT2D eigenvalue weighted by Gasteiger charge is -2.33. The average molecular weight is 340 g/mol.